The van der Waals surface area contributed by atoms with E-state index in [1.165, 1.54) is 0 Å². The van der Waals surface area contributed by atoms with E-state index in [0.29, 0.717) is 0 Å². The van der Waals surface area contributed by atoms with Gasteiger partial charge in [-0.2, -0.15) is 10.2 Å². The summed E-state index contributed by atoms with van der Waals surface area (Å²) < 4.78 is 1.91. The number of aromatic nitrogens is 2. The first-order chi connectivity index (χ1) is 15.4. The average Bonchev–Trinajstić information content (AvgIpc) is 3.51. The van der Waals surface area contributed by atoms with Crippen LogP contribution in [-0.4, -0.2) is 16.0 Å². The van der Waals surface area contributed by atoms with E-state index in [-0.39, 0.29) is 0 Å². The molecule has 2 aromatic heterocycles. The van der Waals surface area contributed by atoms with Gasteiger partial charge in [0, 0.05) is 11.8 Å². The van der Waals surface area contributed by atoms with Crippen molar-refractivity contribution in [3.63, 3.8) is 0 Å². The zero-order valence-corrected chi connectivity index (χ0v) is 17.6. The molecular weight excluding hydrogens is 400 g/mol. The molecular formula is C26H20N4S. The summed E-state index contributed by atoms with van der Waals surface area (Å²) in [4.78, 5) is 1.11. The molecule has 0 spiro atoms. The van der Waals surface area contributed by atoms with Crippen LogP contribution in [0, 0.1) is 0 Å². The van der Waals surface area contributed by atoms with Crippen LogP contribution >= 0.6 is 11.3 Å². The Morgan fingerprint density at radius 1 is 0.742 bits per heavy atom. The molecule has 0 aliphatic rings. The predicted molar refractivity (Wildman–Crippen MR) is 129 cm³/mol. The number of benzene rings is 3. The smallest absolute Gasteiger partial charge is 0.112 e. The highest BCUT2D eigenvalue weighted by molar-refractivity contribution is 7.13. The van der Waals surface area contributed by atoms with Crippen LogP contribution in [0.3, 0.4) is 0 Å². The van der Waals surface area contributed by atoms with E-state index in [0.717, 1.165) is 33.2 Å². The minimum atomic E-state index is 0.920. The van der Waals surface area contributed by atoms with Gasteiger partial charge in [0.05, 0.1) is 28.2 Å². The van der Waals surface area contributed by atoms with Crippen LogP contribution in [0.15, 0.2) is 120 Å². The summed E-state index contributed by atoms with van der Waals surface area (Å²) in [7, 11) is 0. The van der Waals surface area contributed by atoms with E-state index in [2.05, 4.69) is 35.7 Å². The third-order valence-electron chi connectivity index (χ3n) is 4.83. The van der Waals surface area contributed by atoms with Crippen molar-refractivity contribution in [2.75, 3.05) is 5.01 Å². The Balaban J connectivity index is 1.58. The molecule has 0 fully saturated rings. The Kier molecular flexibility index (Phi) is 5.41. The molecule has 4 nitrogen and oxygen atoms in total. The Hall–Kier alpha value is -3.96. The van der Waals surface area contributed by atoms with E-state index in [9.17, 15) is 0 Å². The summed E-state index contributed by atoms with van der Waals surface area (Å²) in [6, 6.07) is 34.6. The number of para-hydroxylation sites is 3. The first kappa shape index (κ1) is 19.0. The molecule has 5 heteroatoms. The quantitative estimate of drug-likeness (QED) is 0.224. The van der Waals surface area contributed by atoms with Crippen molar-refractivity contribution in [1.82, 2.24) is 9.78 Å². The first-order valence-electron chi connectivity index (χ1n) is 10.0. The van der Waals surface area contributed by atoms with Crippen molar-refractivity contribution in [2.45, 2.75) is 0 Å². The Labute approximate surface area is 185 Å². The standard InChI is InChI=1S/C26H20N4S/c1-4-11-22(12-5-1)29-20-21(26(28-29)25-17-10-18-31-25)19-27-30(23-13-6-2-7-14-23)24-15-8-3-9-16-24/h1-20H/b27-19+. The van der Waals surface area contributed by atoms with Gasteiger partial charge in [-0.05, 0) is 47.8 Å². The van der Waals surface area contributed by atoms with E-state index in [4.69, 9.17) is 10.2 Å². The zero-order valence-electron chi connectivity index (χ0n) is 16.7. The van der Waals surface area contributed by atoms with Gasteiger partial charge in [-0.1, -0.05) is 60.7 Å². The van der Waals surface area contributed by atoms with Crippen LogP contribution in [0.4, 0.5) is 11.4 Å². The lowest BCUT2D eigenvalue weighted by Crippen LogP contribution is -2.09. The van der Waals surface area contributed by atoms with Gasteiger partial charge in [0.15, 0.2) is 0 Å². The highest BCUT2D eigenvalue weighted by Crippen LogP contribution is 2.28. The van der Waals surface area contributed by atoms with Crippen LogP contribution in [0.5, 0.6) is 0 Å². The van der Waals surface area contributed by atoms with E-state index in [1.54, 1.807) is 11.3 Å². The van der Waals surface area contributed by atoms with Crippen molar-refractivity contribution in [3.8, 4) is 16.3 Å². The summed E-state index contributed by atoms with van der Waals surface area (Å²) in [5.41, 5.74) is 4.89. The van der Waals surface area contributed by atoms with E-state index < -0.39 is 0 Å². The second-order valence-corrected chi connectivity index (χ2v) is 7.87. The molecule has 0 atom stereocenters. The number of thiophene rings is 1. The van der Waals surface area contributed by atoms with Gasteiger partial charge in [0.2, 0.25) is 0 Å². The summed E-state index contributed by atoms with van der Waals surface area (Å²) in [6.07, 6.45) is 3.92. The Morgan fingerprint density at radius 3 is 1.94 bits per heavy atom. The highest BCUT2D eigenvalue weighted by Gasteiger charge is 2.13. The molecule has 31 heavy (non-hydrogen) atoms. The largest absolute Gasteiger partial charge is 0.240 e. The Morgan fingerprint density at radius 2 is 1.35 bits per heavy atom. The molecule has 5 rings (SSSR count). The van der Waals surface area contributed by atoms with Gasteiger partial charge in [0.1, 0.15) is 5.69 Å². The molecule has 0 bridgehead atoms. The maximum absolute atomic E-state index is 4.87. The molecule has 0 aliphatic heterocycles. The van der Waals surface area contributed by atoms with Crippen LogP contribution in [0.25, 0.3) is 16.3 Å². The fourth-order valence-corrected chi connectivity index (χ4v) is 4.07. The molecule has 2 heterocycles. The summed E-state index contributed by atoms with van der Waals surface area (Å²) in [5.74, 6) is 0. The van der Waals surface area contributed by atoms with Gasteiger partial charge in [0.25, 0.3) is 0 Å². The van der Waals surface area contributed by atoms with Crippen LogP contribution in [0.2, 0.25) is 0 Å². The normalized spacial score (nSPS) is 11.1. The number of hydrogen-bond acceptors (Lipinski definition) is 4. The lowest BCUT2D eigenvalue weighted by molar-refractivity contribution is 0.885. The lowest BCUT2D eigenvalue weighted by Gasteiger charge is -2.19. The maximum Gasteiger partial charge on any atom is 0.112 e. The average molecular weight is 421 g/mol. The van der Waals surface area contributed by atoms with Crippen LogP contribution in [0.1, 0.15) is 5.56 Å². The zero-order chi connectivity index (χ0) is 20.9. The highest BCUT2D eigenvalue weighted by atomic mass is 32.1. The third kappa shape index (κ3) is 4.17. The second-order valence-electron chi connectivity index (χ2n) is 6.92. The number of hydrazone groups is 1. The van der Waals surface area contributed by atoms with Gasteiger partial charge >= 0.3 is 0 Å². The van der Waals surface area contributed by atoms with Gasteiger partial charge in [-0.25, -0.2) is 9.69 Å². The molecule has 0 saturated carbocycles. The molecule has 0 aliphatic carbocycles. The van der Waals surface area contributed by atoms with E-state index in [1.807, 2.05) is 94.9 Å². The molecule has 0 N–H and O–H groups in total. The molecule has 0 saturated heterocycles. The number of anilines is 2. The van der Waals surface area contributed by atoms with Gasteiger partial charge < -0.3 is 0 Å². The fourth-order valence-electron chi connectivity index (χ4n) is 3.34. The maximum atomic E-state index is 4.87. The van der Waals surface area contributed by atoms with Crippen molar-refractivity contribution in [2.24, 2.45) is 5.10 Å². The van der Waals surface area contributed by atoms with Gasteiger partial charge in [-0.15, -0.1) is 11.3 Å². The summed E-state index contributed by atoms with van der Waals surface area (Å²) >= 11 is 1.67. The monoisotopic (exact) mass is 420 g/mol. The number of rotatable bonds is 6. The predicted octanol–water partition coefficient (Wildman–Crippen LogP) is 6.77. The van der Waals surface area contributed by atoms with E-state index >= 15 is 0 Å². The number of hydrogen-bond donors (Lipinski definition) is 0. The van der Waals surface area contributed by atoms with Crippen molar-refractivity contribution < 1.29 is 0 Å². The SMILES string of the molecule is C(=N\N(c1ccccc1)c1ccccc1)/c1cn(-c2ccccc2)nc1-c1cccs1. The van der Waals surface area contributed by atoms with Crippen molar-refractivity contribution in [3.05, 3.63) is 120 Å². The molecule has 0 unspecified atom stereocenters. The fraction of sp³-hybridized carbons (Fsp3) is 0. The molecule has 150 valence electrons. The molecule has 5 aromatic rings. The number of nitrogens with zero attached hydrogens (tertiary/aromatic N) is 4. The summed E-state index contributed by atoms with van der Waals surface area (Å²) in [6.45, 7) is 0. The van der Waals surface area contributed by atoms with Crippen LogP contribution < -0.4 is 5.01 Å². The third-order valence-corrected chi connectivity index (χ3v) is 5.71. The molecule has 0 radical (unpaired) electrons. The summed E-state index contributed by atoms with van der Waals surface area (Å²) in [5, 5.41) is 13.7. The van der Waals surface area contributed by atoms with Gasteiger partial charge in [-0.3, -0.25) is 0 Å². The minimum absolute atomic E-state index is 0.920. The molecule has 3 aromatic carbocycles. The minimum Gasteiger partial charge on any atom is -0.240 e. The molecule has 0 amide bonds. The van der Waals surface area contributed by atoms with Crippen molar-refractivity contribution >= 4 is 28.9 Å². The lowest BCUT2D eigenvalue weighted by atomic mass is 10.2. The first-order valence-corrected chi connectivity index (χ1v) is 10.9. The Bertz CT molecular complexity index is 1220. The second kappa shape index (κ2) is 8.81. The van der Waals surface area contributed by atoms with Crippen LogP contribution in [-0.2, 0) is 0 Å². The topological polar surface area (TPSA) is 33.4 Å². The van der Waals surface area contributed by atoms with Crippen molar-refractivity contribution in [1.29, 1.82) is 0 Å².